The van der Waals surface area contributed by atoms with E-state index >= 15 is 0 Å². The van der Waals surface area contributed by atoms with Crippen molar-refractivity contribution in [3.8, 4) is 27.6 Å². The monoisotopic (exact) mass is 751 g/mol. The lowest BCUT2D eigenvalue weighted by molar-refractivity contribution is -0.145. The highest BCUT2D eigenvalue weighted by Crippen LogP contribution is 2.45. The van der Waals surface area contributed by atoms with E-state index in [1.165, 1.54) is 16.2 Å². The average Bonchev–Trinajstić information content (AvgIpc) is 3.43. The lowest BCUT2D eigenvalue weighted by atomic mass is 10.0. The Bertz CT molecular complexity index is 2070. The molecule has 13 heteroatoms. The molecule has 1 saturated heterocycles. The molecule has 2 aromatic heterocycles. The standard InChI is InChI=1S/C41H45N5O7S/c1-40(2,3)53-39(51)44-30-16-11-6-4-5-10-15-27-23-41(27,38(49)50)45-35(47)32-22-28(24-46(32)37(30)48)52-36-34(33-17-12-20-54-33)42-31-21-26(18-19-29(31)43-36)25-13-8-7-9-14-25/h7-10,12-15,17-21,27-28,30,32H,4-6,11,16,22-24H2,1-3H3,(H,44,51)(H,45,47)(H,49,50)/b15-10-/t27?,28-,30+,32?,41?/m1/s1. The zero-order valence-electron chi connectivity index (χ0n) is 30.6. The molecule has 7 rings (SSSR count). The molecule has 4 aromatic rings. The molecule has 2 aliphatic heterocycles. The highest BCUT2D eigenvalue weighted by molar-refractivity contribution is 7.13. The molecule has 1 saturated carbocycles. The third-order valence-corrected chi connectivity index (χ3v) is 11.0. The molecule has 3 aliphatic rings. The number of hydrogen-bond acceptors (Lipinski definition) is 9. The number of carboxylic acid groups (broad SMARTS) is 1. The van der Waals surface area contributed by atoms with Gasteiger partial charge in [-0.1, -0.05) is 67.5 Å². The van der Waals surface area contributed by atoms with Crippen molar-refractivity contribution in [2.75, 3.05) is 6.54 Å². The maximum absolute atomic E-state index is 14.5. The normalized spacial score (nSPS) is 25.4. The van der Waals surface area contributed by atoms with E-state index in [1.54, 1.807) is 20.8 Å². The molecule has 1 aliphatic carbocycles. The first-order valence-corrected chi connectivity index (χ1v) is 19.4. The summed E-state index contributed by atoms with van der Waals surface area (Å²) < 4.78 is 12.1. The number of nitrogens with one attached hydrogen (secondary N) is 2. The summed E-state index contributed by atoms with van der Waals surface area (Å²) in [5, 5.41) is 17.7. The summed E-state index contributed by atoms with van der Waals surface area (Å²) in [5.74, 6) is -2.27. The Morgan fingerprint density at radius 2 is 1.81 bits per heavy atom. The van der Waals surface area contributed by atoms with Gasteiger partial charge in [0.15, 0.2) is 0 Å². The second-order valence-electron chi connectivity index (χ2n) is 15.2. The van der Waals surface area contributed by atoms with Crippen molar-refractivity contribution in [1.29, 1.82) is 0 Å². The molecule has 3 amide bonds. The third kappa shape index (κ3) is 8.10. The number of rotatable bonds is 6. The third-order valence-electron chi connectivity index (χ3n) is 10.1. The maximum Gasteiger partial charge on any atom is 0.408 e. The largest absolute Gasteiger partial charge is 0.479 e. The average molecular weight is 752 g/mol. The Morgan fingerprint density at radius 1 is 1.00 bits per heavy atom. The molecule has 2 aromatic carbocycles. The van der Waals surface area contributed by atoms with Gasteiger partial charge in [-0.25, -0.2) is 19.6 Å². The summed E-state index contributed by atoms with van der Waals surface area (Å²) in [6.45, 7) is 5.23. The number of thiophene rings is 1. The number of allylic oxidation sites excluding steroid dienone is 1. The van der Waals surface area contributed by atoms with Crippen molar-refractivity contribution >= 4 is 46.2 Å². The van der Waals surface area contributed by atoms with Gasteiger partial charge < -0.3 is 30.1 Å². The van der Waals surface area contributed by atoms with Gasteiger partial charge in [-0.2, -0.15) is 0 Å². The van der Waals surface area contributed by atoms with E-state index in [1.807, 2.05) is 78.2 Å². The first kappa shape index (κ1) is 37.0. The van der Waals surface area contributed by atoms with Crippen LogP contribution in [0, 0.1) is 5.92 Å². The number of fused-ring (bicyclic) bond motifs is 3. The number of hydrogen-bond donors (Lipinski definition) is 3. The Hall–Kier alpha value is -5.30. The van der Waals surface area contributed by atoms with Crippen molar-refractivity contribution in [1.82, 2.24) is 25.5 Å². The van der Waals surface area contributed by atoms with Crippen LogP contribution < -0.4 is 15.4 Å². The molecule has 5 atom stereocenters. The number of nitrogens with zero attached hydrogens (tertiary/aromatic N) is 3. The molecule has 4 heterocycles. The molecular formula is C41H45N5O7S. The minimum Gasteiger partial charge on any atom is -0.479 e. The maximum atomic E-state index is 14.5. The van der Waals surface area contributed by atoms with Crippen LogP contribution in [0.2, 0.25) is 0 Å². The van der Waals surface area contributed by atoms with Crippen LogP contribution in [0.25, 0.3) is 32.7 Å². The summed E-state index contributed by atoms with van der Waals surface area (Å²) in [7, 11) is 0. The lowest BCUT2D eigenvalue weighted by Crippen LogP contribution is -2.56. The van der Waals surface area contributed by atoms with Crippen LogP contribution in [0.4, 0.5) is 4.79 Å². The molecular weight excluding hydrogens is 707 g/mol. The summed E-state index contributed by atoms with van der Waals surface area (Å²) >= 11 is 1.49. The zero-order chi connectivity index (χ0) is 38.0. The van der Waals surface area contributed by atoms with Crippen molar-refractivity contribution in [2.24, 2.45) is 5.92 Å². The number of carbonyl (C=O) groups is 4. The van der Waals surface area contributed by atoms with Gasteiger partial charge in [0.25, 0.3) is 0 Å². The van der Waals surface area contributed by atoms with Crippen molar-refractivity contribution in [2.45, 2.75) is 95.0 Å². The van der Waals surface area contributed by atoms with E-state index in [9.17, 15) is 24.3 Å². The molecule has 0 spiro atoms. The van der Waals surface area contributed by atoms with Gasteiger partial charge in [0, 0.05) is 12.3 Å². The quantitative estimate of drug-likeness (QED) is 0.181. The summed E-state index contributed by atoms with van der Waals surface area (Å²) in [6.07, 6.45) is 6.09. The fourth-order valence-electron chi connectivity index (χ4n) is 7.26. The molecule has 2 fully saturated rings. The number of alkyl carbamates (subject to hydrolysis) is 1. The number of carbonyl (C=O) groups excluding carboxylic acids is 3. The van der Waals surface area contributed by atoms with E-state index in [4.69, 9.17) is 19.4 Å². The van der Waals surface area contributed by atoms with E-state index in [0.717, 1.165) is 35.3 Å². The van der Waals surface area contributed by atoms with Crippen molar-refractivity contribution < 1.29 is 33.8 Å². The summed E-state index contributed by atoms with van der Waals surface area (Å²) in [4.78, 5) is 66.3. The molecule has 54 heavy (non-hydrogen) atoms. The van der Waals surface area contributed by atoms with Crippen molar-refractivity contribution in [3.63, 3.8) is 0 Å². The first-order valence-electron chi connectivity index (χ1n) is 18.5. The Kier molecular flexibility index (Phi) is 10.4. The highest BCUT2D eigenvalue weighted by Gasteiger charge is 2.61. The van der Waals surface area contributed by atoms with Crippen LogP contribution in [-0.2, 0) is 19.1 Å². The molecule has 3 unspecified atom stereocenters. The number of benzene rings is 2. The predicted molar refractivity (Wildman–Crippen MR) is 205 cm³/mol. The molecule has 12 nitrogen and oxygen atoms in total. The Morgan fingerprint density at radius 3 is 2.56 bits per heavy atom. The van der Waals surface area contributed by atoms with Crippen molar-refractivity contribution in [3.05, 3.63) is 78.2 Å². The SMILES string of the molecule is CC(C)(C)OC(=O)N[C@H]1CCCCC/C=C\C2CC2(C(=O)O)NC(=O)C2C[C@@H](Oc3nc4ccc(-c5ccccc5)cc4nc3-c3cccs3)CN2C1=O. The number of ether oxygens (including phenoxy) is 2. The smallest absolute Gasteiger partial charge is 0.408 e. The summed E-state index contributed by atoms with van der Waals surface area (Å²) in [6, 6.07) is 17.7. The fraction of sp³-hybridized carbons (Fsp3) is 0.415. The van der Waals surface area contributed by atoms with E-state index < -0.39 is 53.2 Å². The van der Waals surface area contributed by atoms with Gasteiger partial charge >= 0.3 is 12.1 Å². The number of amides is 3. The minimum atomic E-state index is -1.45. The van der Waals surface area contributed by atoms with Gasteiger partial charge in [0.2, 0.25) is 17.7 Å². The Balaban J connectivity index is 1.21. The van der Waals surface area contributed by atoms with Crippen LogP contribution in [0.1, 0.15) is 65.7 Å². The van der Waals surface area contributed by atoms with Crippen LogP contribution in [0.5, 0.6) is 5.88 Å². The van der Waals surface area contributed by atoms with E-state index in [0.29, 0.717) is 29.6 Å². The number of carboxylic acids is 1. The second kappa shape index (κ2) is 15.2. The fourth-order valence-corrected chi connectivity index (χ4v) is 7.96. The minimum absolute atomic E-state index is 0.00334. The molecule has 0 radical (unpaired) electrons. The molecule has 282 valence electrons. The number of aromatic nitrogens is 2. The zero-order valence-corrected chi connectivity index (χ0v) is 31.4. The lowest BCUT2D eigenvalue weighted by Gasteiger charge is -2.30. The van der Waals surface area contributed by atoms with Gasteiger partial charge in [-0.15, -0.1) is 11.3 Å². The van der Waals surface area contributed by atoms with Gasteiger partial charge in [0.05, 0.1) is 22.5 Å². The van der Waals surface area contributed by atoms with Crippen LogP contribution in [-0.4, -0.2) is 79.7 Å². The number of aliphatic carboxylic acids is 1. The van der Waals surface area contributed by atoms with E-state index in [-0.39, 0.29) is 31.2 Å². The summed E-state index contributed by atoms with van der Waals surface area (Å²) in [5.41, 5.74) is 1.64. The van der Waals surface area contributed by atoms with Crippen LogP contribution in [0.3, 0.4) is 0 Å². The first-order chi connectivity index (χ1) is 25.9. The topological polar surface area (TPSA) is 160 Å². The highest BCUT2D eigenvalue weighted by atomic mass is 32.1. The van der Waals surface area contributed by atoms with Gasteiger partial charge in [-0.3, -0.25) is 9.59 Å². The van der Waals surface area contributed by atoms with Gasteiger partial charge in [0.1, 0.15) is 35.0 Å². The molecule has 0 bridgehead atoms. The second-order valence-corrected chi connectivity index (χ2v) is 16.2. The van der Waals surface area contributed by atoms with Crippen LogP contribution in [0.15, 0.2) is 78.2 Å². The predicted octanol–water partition coefficient (Wildman–Crippen LogP) is 6.75. The van der Waals surface area contributed by atoms with Gasteiger partial charge in [-0.05, 0) is 81.2 Å². The van der Waals surface area contributed by atoms with Crippen LogP contribution >= 0.6 is 11.3 Å². The van der Waals surface area contributed by atoms with E-state index in [2.05, 4.69) is 10.6 Å². The Labute approximate surface area is 318 Å². The molecule has 3 N–H and O–H groups in total.